The maximum absolute atomic E-state index is 14.0. The van der Waals surface area contributed by atoms with E-state index in [1.165, 1.54) is 49.2 Å². The Morgan fingerprint density at radius 3 is 2.28 bits per heavy atom. The molecule has 5 aliphatic rings. The van der Waals surface area contributed by atoms with Gasteiger partial charge in [-0.3, -0.25) is 9.59 Å². The van der Waals surface area contributed by atoms with Crippen LogP contribution in [0, 0.1) is 51.2 Å². The number of hydrogen-bond donors (Lipinski definition) is 1. The number of thioether (sulfide) groups is 2. The zero-order valence-corrected chi connectivity index (χ0v) is 30.1. The summed E-state index contributed by atoms with van der Waals surface area (Å²) in [7, 11) is 0. The van der Waals surface area contributed by atoms with E-state index in [2.05, 4.69) is 48.5 Å². The van der Waals surface area contributed by atoms with Crippen molar-refractivity contribution in [2.75, 3.05) is 18.1 Å². The Kier molecular flexibility index (Phi) is 9.95. The van der Waals surface area contributed by atoms with Gasteiger partial charge in [0.1, 0.15) is 6.10 Å². The molecule has 4 nitrogen and oxygen atoms in total. The van der Waals surface area contributed by atoms with Crippen LogP contribution in [0.3, 0.4) is 0 Å². The molecule has 1 saturated heterocycles. The van der Waals surface area contributed by atoms with E-state index in [0.29, 0.717) is 34.5 Å². The standard InChI is InChI=1S/C37H60O4S2/c1-23(2)29(41-25(5)39)13-16-34(6)14-9-15-36(8)30(34)12-11-26-32-31(24(3)4)28(40)21-37(32,18-17-35(26,36)7)27(22-38)33-42-19-10-20-43-33/h23-24,26-27,29-30,33,38H,9-22H2,1-8H3. The number of hydrogen-bond acceptors (Lipinski definition) is 6. The quantitative estimate of drug-likeness (QED) is 0.256. The summed E-state index contributed by atoms with van der Waals surface area (Å²) in [6.45, 7) is 18.3. The molecule has 5 rings (SSSR count). The molecule has 6 heteroatoms. The van der Waals surface area contributed by atoms with Gasteiger partial charge in [0, 0.05) is 31.3 Å². The fourth-order valence-corrected chi connectivity index (χ4v) is 14.7. The number of carbonyl (C=O) groups excluding carboxylic acids is 2. The fourth-order valence-electron chi connectivity index (χ4n) is 11.4. The molecule has 3 saturated carbocycles. The smallest absolute Gasteiger partial charge is 0.302 e. The number of allylic oxidation sites excluding steroid dienone is 2. The molecule has 0 amide bonds. The van der Waals surface area contributed by atoms with E-state index in [0.717, 1.165) is 37.7 Å². The number of fused-ring (bicyclic) bond motifs is 5. The van der Waals surface area contributed by atoms with Gasteiger partial charge in [0.25, 0.3) is 0 Å². The van der Waals surface area contributed by atoms with E-state index in [-0.39, 0.29) is 52.2 Å². The van der Waals surface area contributed by atoms with E-state index in [1.807, 2.05) is 23.5 Å². The first-order valence-corrected chi connectivity index (χ1v) is 19.6. The summed E-state index contributed by atoms with van der Waals surface area (Å²) in [6, 6.07) is 0. The summed E-state index contributed by atoms with van der Waals surface area (Å²) in [5.41, 5.74) is 3.05. The zero-order chi connectivity index (χ0) is 31.4. The Balaban J connectivity index is 1.51. The summed E-state index contributed by atoms with van der Waals surface area (Å²) >= 11 is 4.08. The molecule has 1 heterocycles. The summed E-state index contributed by atoms with van der Waals surface area (Å²) < 4.78 is 6.18. The zero-order valence-electron chi connectivity index (χ0n) is 28.4. The SMILES string of the molecule is CC(=O)OC(CCC1(C)CCCC2(C)C1CCC1C3=C(C(C)C)C(=O)CC3(C(CO)C3SCCCS3)CCC12C)C(C)C. The Morgan fingerprint density at radius 1 is 0.977 bits per heavy atom. The summed E-state index contributed by atoms with van der Waals surface area (Å²) in [4.78, 5) is 25.9. The lowest BCUT2D eigenvalue weighted by Gasteiger charge is -2.69. The molecule has 0 spiro atoms. The highest BCUT2D eigenvalue weighted by Gasteiger charge is 2.68. The topological polar surface area (TPSA) is 63.6 Å². The second kappa shape index (κ2) is 12.6. The van der Waals surface area contributed by atoms with Gasteiger partial charge >= 0.3 is 5.97 Å². The lowest BCUT2D eigenvalue weighted by Crippen LogP contribution is -2.61. The van der Waals surface area contributed by atoms with Crippen molar-refractivity contribution < 1.29 is 19.4 Å². The number of rotatable bonds is 9. The van der Waals surface area contributed by atoms with E-state index >= 15 is 0 Å². The number of esters is 1. The van der Waals surface area contributed by atoms with Gasteiger partial charge in [0.15, 0.2) is 5.78 Å². The van der Waals surface area contributed by atoms with Gasteiger partial charge in [-0.1, -0.05) is 60.5 Å². The lowest BCUT2D eigenvalue weighted by atomic mass is 9.36. The van der Waals surface area contributed by atoms with Gasteiger partial charge in [-0.05, 0) is 115 Å². The summed E-state index contributed by atoms with van der Waals surface area (Å²) in [6.07, 6.45) is 12.2. The molecule has 4 aliphatic carbocycles. The normalized spacial score (nSPS) is 39.8. The number of aliphatic hydroxyl groups is 1. The minimum Gasteiger partial charge on any atom is -0.462 e. The average Bonchev–Trinajstić information content (AvgIpc) is 3.25. The van der Waals surface area contributed by atoms with Crippen molar-refractivity contribution >= 4 is 35.3 Å². The lowest BCUT2D eigenvalue weighted by molar-refractivity contribution is -0.175. The van der Waals surface area contributed by atoms with Crippen molar-refractivity contribution in [3.05, 3.63) is 11.1 Å². The molecule has 0 aromatic carbocycles. The first kappa shape index (κ1) is 33.9. The van der Waals surface area contributed by atoms with Crippen LogP contribution in [0.15, 0.2) is 11.1 Å². The first-order chi connectivity index (χ1) is 20.2. The number of ketones is 1. The predicted octanol–water partition coefficient (Wildman–Crippen LogP) is 9.09. The van der Waals surface area contributed by atoms with Crippen LogP contribution in [0.25, 0.3) is 0 Å². The highest BCUT2D eigenvalue weighted by molar-refractivity contribution is 8.17. The molecular formula is C37H60O4S2. The fraction of sp³-hybridized carbons (Fsp3) is 0.892. The van der Waals surface area contributed by atoms with Crippen LogP contribution in [-0.4, -0.2) is 45.7 Å². The van der Waals surface area contributed by atoms with Crippen molar-refractivity contribution in [2.45, 2.75) is 137 Å². The second-order valence-corrected chi connectivity index (χ2v) is 19.2. The van der Waals surface area contributed by atoms with Crippen LogP contribution in [0.4, 0.5) is 0 Å². The minimum absolute atomic E-state index is 0.0149. The van der Waals surface area contributed by atoms with E-state index in [9.17, 15) is 14.7 Å². The van der Waals surface area contributed by atoms with Crippen LogP contribution in [0.5, 0.6) is 0 Å². The maximum Gasteiger partial charge on any atom is 0.302 e. The predicted molar refractivity (Wildman–Crippen MR) is 181 cm³/mol. The van der Waals surface area contributed by atoms with Gasteiger partial charge in [0.05, 0.1) is 4.58 Å². The molecule has 0 bridgehead atoms. The van der Waals surface area contributed by atoms with E-state index in [4.69, 9.17) is 4.74 Å². The second-order valence-electron chi connectivity index (χ2n) is 16.4. The molecule has 1 N–H and O–H groups in total. The first-order valence-electron chi connectivity index (χ1n) is 17.5. The monoisotopic (exact) mass is 632 g/mol. The minimum atomic E-state index is -0.173. The van der Waals surface area contributed by atoms with Gasteiger partial charge < -0.3 is 9.84 Å². The van der Waals surface area contributed by atoms with Gasteiger partial charge in [-0.2, -0.15) is 0 Å². The van der Waals surface area contributed by atoms with Crippen LogP contribution in [0.2, 0.25) is 0 Å². The largest absolute Gasteiger partial charge is 0.462 e. The molecule has 4 fully saturated rings. The summed E-state index contributed by atoms with van der Waals surface area (Å²) in [5, 5.41) is 11.1. The molecule has 8 unspecified atom stereocenters. The number of ether oxygens (including phenoxy) is 1. The third kappa shape index (κ3) is 5.62. The molecule has 0 aromatic heterocycles. The van der Waals surface area contributed by atoms with Crippen molar-refractivity contribution in [1.82, 2.24) is 0 Å². The van der Waals surface area contributed by atoms with Crippen LogP contribution >= 0.6 is 23.5 Å². The molecular weight excluding hydrogens is 573 g/mol. The Morgan fingerprint density at radius 2 is 1.67 bits per heavy atom. The van der Waals surface area contributed by atoms with Crippen LogP contribution < -0.4 is 0 Å². The molecule has 43 heavy (non-hydrogen) atoms. The molecule has 0 aromatic rings. The van der Waals surface area contributed by atoms with Gasteiger partial charge in [0.2, 0.25) is 0 Å². The van der Waals surface area contributed by atoms with Crippen molar-refractivity contribution in [1.29, 1.82) is 0 Å². The Labute approximate surface area is 271 Å². The molecule has 8 atom stereocenters. The molecule has 0 radical (unpaired) electrons. The third-order valence-corrected chi connectivity index (χ3v) is 16.8. The summed E-state index contributed by atoms with van der Waals surface area (Å²) in [5.74, 6) is 4.31. The average molecular weight is 633 g/mol. The molecule has 244 valence electrons. The number of Topliss-reactive ketones (excluding diaryl/α,β-unsaturated/α-hetero) is 1. The highest BCUT2D eigenvalue weighted by Crippen LogP contribution is 2.75. The Hall–Kier alpha value is -0.460. The van der Waals surface area contributed by atoms with Crippen molar-refractivity contribution in [2.24, 2.45) is 51.2 Å². The van der Waals surface area contributed by atoms with Crippen molar-refractivity contribution in [3.63, 3.8) is 0 Å². The van der Waals surface area contributed by atoms with Crippen LogP contribution in [0.1, 0.15) is 126 Å². The third-order valence-electron chi connectivity index (χ3n) is 13.6. The number of aliphatic hydroxyl groups excluding tert-OH is 1. The highest BCUT2D eigenvalue weighted by atomic mass is 32.2. The van der Waals surface area contributed by atoms with Crippen LogP contribution in [-0.2, 0) is 14.3 Å². The number of carbonyl (C=O) groups is 2. The van der Waals surface area contributed by atoms with Gasteiger partial charge in [-0.15, -0.1) is 23.5 Å². The Bertz CT molecular complexity index is 1090. The van der Waals surface area contributed by atoms with E-state index in [1.54, 1.807) is 6.92 Å². The van der Waals surface area contributed by atoms with E-state index < -0.39 is 0 Å². The maximum atomic E-state index is 14.0. The van der Waals surface area contributed by atoms with Crippen molar-refractivity contribution in [3.8, 4) is 0 Å². The van der Waals surface area contributed by atoms with Gasteiger partial charge in [-0.25, -0.2) is 0 Å². The molecule has 1 aliphatic heterocycles.